The molecule has 0 N–H and O–H groups in total. The second kappa shape index (κ2) is 7.71. The average Bonchev–Trinajstić information content (AvgIpc) is 2.37. The third-order valence-corrected chi connectivity index (χ3v) is 2.46. The molecule has 0 spiro atoms. The van der Waals surface area contributed by atoms with Gasteiger partial charge in [-0.2, -0.15) is 0 Å². The Morgan fingerprint density at radius 2 is 2.00 bits per heavy atom. The first-order valence-electron chi connectivity index (χ1n) is 6.14. The fraction of sp³-hybridized carbons (Fsp3) is 0.500. The second-order valence-electron chi connectivity index (χ2n) is 3.82. The largest absolute Gasteiger partial charge is 0.482 e. The van der Waals surface area contributed by atoms with Crippen molar-refractivity contribution in [3.63, 3.8) is 0 Å². The Bertz CT molecular complexity index is 347. The zero-order chi connectivity index (χ0) is 12.5. The van der Waals surface area contributed by atoms with Crippen molar-refractivity contribution in [1.82, 2.24) is 0 Å². The van der Waals surface area contributed by atoms with Crippen LogP contribution in [0.25, 0.3) is 0 Å². The number of ether oxygens (including phenoxy) is 2. The number of para-hydroxylation sites is 1. The van der Waals surface area contributed by atoms with E-state index in [0.717, 1.165) is 30.6 Å². The smallest absolute Gasteiger partial charge is 0.344 e. The van der Waals surface area contributed by atoms with Gasteiger partial charge in [-0.3, -0.25) is 0 Å². The molecule has 1 aromatic rings. The molecule has 3 nitrogen and oxygen atoms in total. The molecule has 0 aliphatic rings. The van der Waals surface area contributed by atoms with Crippen LogP contribution in [-0.4, -0.2) is 19.2 Å². The lowest BCUT2D eigenvalue weighted by Gasteiger charge is -2.09. The maximum absolute atomic E-state index is 11.3. The Kier molecular flexibility index (Phi) is 6.15. The molecule has 0 saturated carbocycles. The summed E-state index contributed by atoms with van der Waals surface area (Å²) < 4.78 is 10.5. The topological polar surface area (TPSA) is 35.5 Å². The molecule has 1 rings (SSSR count). The zero-order valence-electron chi connectivity index (χ0n) is 10.6. The van der Waals surface area contributed by atoms with Crippen LogP contribution in [0.15, 0.2) is 24.3 Å². The Labute approximate surface area is 103 Å². The van der Waals surface area contributed by atoms with Gasteiger partial charge in [-0.25, -0.2) is 4.79 Å². The number of hydrogen-bond donors (Lipinski definition) is 0. The Hall–Kier alpha value is -1.51. The van der Waals surface area contributed by atoms with Gasteiger partial charge < -0.3 is 9.47 Å². The standard InChI is InChI=1S/C14H20O3/c1-3-5-10-16-14(15)11-17-13-9-7-6-8-12(13)4-2/h6-9H,3-5,10-11H2,1-2H3. The van der Waals surface area contributed by atoms with Crippen LogP contribution in [0.2, 0.25) is 0 Å². The minimum atomic E-state index is -0.302. The van der Waals surface area contributed by atoms with E-state index in [9.17, 15) is 4.79 Å². The van der Waals surface area contributed by atoms with Gasteiger partial charge in [0.2, 0.25) is 0 Å². The van der Waals surface area contributed by atoms with Gasteiger partial charge in [0.05, 0.1) is 6.61 Å². The fourth-order valence-corrected chi connectivity index (χ4v) is 1.45. The number of unbranched alkanes of at least 4 members (excludes halogenated alkanes) is 1. The van der Waals surface area contributed by atoms with E-state index in [4.69, 9.17) is 9.47 Å². The Balaban J connectivity index is 2.36. The lowest BCUT2D eigenvalue weighted by atomic mass is 10.1. The summed E-state index contributed by atoms with van der Waals surface area (Å²) in [5.41, 5.74) is 1.11. The summed E-state index contributed by atoms with van der Waals surface area (Å²) in [4.78, 5) is 11.3. The maximum Gasteiger partial charge on any atom is 0.344 e. The molecular formula is C14H20O3. The van der Waals surface area contributed by atoms with Crippen LogP contribution in [0, 0.1) is 0 Å². The summed E-state index contributed by atoms with van der Waals surface area (Å²) in [6.45, 7) is 4.58. The van der Waals surface area contributed by atoms with Crippen LogP contribution < -0.4 is 4.74 Å². The van der Waals surface area contributed by atoms with E-state index in [1.54, 1.807) is 0 Å². The van der Waals surface area contributed by atoms with Crippen LogP contribution in [0.3, 0.4) is 0 Å². The molecule has 94 valence electrons. The SMILES string of the molecule is CCCCOC(=O)COc1ccccc1CC. The minimum Gasteiger partial charge on any atom is -0.482 e. The molecule has 1 aromatic carbocycles. The van der Waals surface area contributed by atoms with Crippen molar-refractivity contribution < 1.29 is 14.3 Å². The van der Waals surface area contributed by atoms with E-state index >= 15 is 0 Å². The van der Waals surface area contributed by atoms with Crippen LogP contribution in [0.5, 0.6) is 5.75 Å². The van der Waals surface area contributed by atoms with E-state index in [-0.39, 0.29) is 12.6 Å². The highest BCUT2D eigenvalue weighted by atomic mass is 16.6. The third kappa shape index (κ3) is 4.89. The lowest BCUT2D eigenvalue weighted by molar-refractivity contribution is -0.146. The van der Waals surface area contributed by atoms with Crippen molar-refractivity contribution in [3.05, 3.63) is 29.8 Å². The van der Waals surface area contributed by atoms with Crippen molar-refractivity contribution in [2.24, 2.45) is 0 Å². The van der Waals surface area contributed by atoms with Gasteiger partial charge in [-0.15, -0.1) is 0 Å². The first kappa shape index (κ1) is 13.6. The summed E-state index contributed by atoms with van der Waals surface area (Å²) >= 11 is 0. The summed E-state index contributed by atoms with van der Waals surface area (Å²) in [5.74, 6) is 0.465. The molecule has 0 aliphatic heterocycles. The van der Waals surface area contributed by atoms with Crippen LogP contribution >= 0.6 is 0 Å². The molecule has 0 atom stereocenters. The molecule has 0 heterocycles. The van der Waals surface area contributed by atoms with E-state index in [1.807, 2.05) is 24.3 Å². The molecule has 0 aliphatic carbocycles. The van der Waals surface area contributed by atoms with Crippen molar-refractivity contribution in [2.75, 3.05) is 13.2 Å². The molecular weight excluding hydrogens is 216 g/mol. The predicted octanol–water partition coefficient (Wildman–Crippen LogP) is 2.97. The molecule has 0 bridgehead atoms. The van der Waals surface area contributed by atoms with E-state index in [1.165, 1.54) is 0 Å². The third-order valence-electron chi connectivity index (χ3n) is 2.46. The molecule has 3 heteroatoms. The monoisotopic (exact) mass is 236 g/mol. The van der Waals surface area contributed by atoms with Crippen LogP contribution in [0.1, 0.15) is 32.3 Å². The normalized spacial score (nSPS) is 10.0. The number of rotatable bonds is 7. The van der Waals surface area contributed by atoms with Crippen molar-refractivity contribution in [1.29, 1.82) is 0 Å². The molecule has 0 unspecified atom stereocenters. The molecule has 0 radical (unpaired) electrons. The molecule has 17 heavy (non-hydrogen) atoms. The minimum absolute atomic E-state index is 0.0132. The summed E-state index contributed by atoms with van der Waals surface area (Å²) in [6, 6.07) is 7.73. The number of carbonyl (C=O) groups is 1. The molecule has 0 amide bonds. The fourth-order valence-electron chi connectivity index (χ4n) is 1.45. The highest BCUT2D eigenvalue weighted by Crippen LogP contribution is 2.18. The lowest BCUT2D eigenvalue weighted by Crippen LogP contribution is -2.16. The van der Waals surface area contributed by atoms with Gasteiger partial charge in [-0.1, -0.05) is 38.5 Å². The van der Waals surface area contributed by atoms with Crippen molar-refractivity contribution in [2.45, 2.75) is 33.1 Å². The van der Waals surface area contributed by atoms with Gasteiger partial charge in [0.1, 0.15) is 5.75 Å². The quantitative estimate of drug-likeness (QED) is 0.539. The highest BCUT2D eigenvalue weighted by molar-refractivity contribution is 5.71. The number of benzene rings is 1. The first-order valence-corrected chi connectivity index (χ1v) is 6.14. The van der Waals surface area contributed by atoms with Gasteiger partial charge in [0.25, 0.3) is 0 Å². The summed E-state index contributed by atoms with van der Waals surface area (Å²) in [7, 11) is 0. The van der Waals surface area contributed by atoms with Gasteiger partial charge in [0.15, 0.2) is 6.61 Å². The van der Waals surface area contributed by atoms with Crippen LogP contribution in [0.4, 0.5) is 0 Å². The zero-order valence-corrected chi connectivity index (χ0v) is 10.6. The van der Waals surface area contributed by atoms with Gasteiger partial charge in [0, 0.05) is 0 Å². The van der Waals surface area contributed by atoms with E-state index in [0.29, 0.717) is 6.61 Å². The highest BCUT2D eigenvalue weighted by Gasteiger charge is 2.06. The molecule has 0 aromatic heterocycles. The Morgan fingerprint density at radius 3 is 2.71 bits per heavy atom. The number of carbonyl (C=O) groups excluding carboxylic acids is 1. The van der Waals surface area contributed by atoms with E-state index < -0.39 is 0 Å². The first-order chi connectivity index (χ1) is 8.27. The Morgan fingerprint density at radius 1 is 1.24 bits per heavy atom. The molecule has 0 fully saturated rings. The van der Waals surface area contributed by atoms with Gasteiger partial charge >= 0.3 is 5.97 Å². The van der Waals surface area contributed by atoms with Crippen molar-refractivity contribution in [3.8, 4) is 5.75 Å². The van der Waals surface area contributed by atoms with Crippen LogP contribution in [-0.2, 0) is 16.0 Å². The predicted molar refractivity (Wildman–Crippen MR) is 67.2 cm³/mol. The molecule has 0 saturated heterocycles. The average molecular weight is 236 g/mol. The number of esters is 1. The van der Waals surface area contributed by atoms with Gasteiger partial charge in [-0.05, 0) is 24.5 Å². The number of aryl methyl sites for hydroxylation is 1. The van der Waals surface area contributed by atoms with E-state index in [2.05, 4.69) is 13.8 Å². The maximum atomic E-state index is 11.3. The summed E-state index contributed by atoms with van der Waals surface area (Å²) in [5, 5.41) is 0. The summed E-state index contributed by atoms with van der Waals surface area (Å²) in [6.07, 6.45) is 2.81. The second-order valence-corrected chi connectivity index (χ2v) is 3.82. The number of hydrogen-bond acceptors (Lipinski definition) is 3. The van der Waals surface area contributed by atoms with Crippen molar-refractivity contribution >= 4 is 5.97 Å².